The number of pyridine rings is 1. The molecule has 0 aliphatic carbocycles. The number of hydrogen-bond donors (Lipinski definition) is 1. The Balaban J connectivity index is 1.92. The fraction of sp³-hybridized carbons (Fsp3) is 0.0556. The number of phenolic OH excluding ortho intramolecular Hbond substituents is 1. The summed E-state index contributed by atoms with van der Waals surface area (Å²) in [6, 6.07) is 10.5. The third-order valence-electron chi connectivity index (χ3n) is 3.96. The Morgan fingerprint density at radius 2 is 1.83 bits per heavy atom. The average Bonchev–Trinajstić information content (AvgIpc) is 3.01. The van der Waals surface area contributed by atoms with Gasteiger partial charge in [0.15, 0.2) is 5.65 Å². The molecule has 3 heterocycles. The molecule has 0 spiro atoms. The van der Waals surface area contributed by atoms with Crippen LogP contribution in [0.2, 0.25) is 0 Å². The van der Waals surface area contributed by atoms with Gasteiger partial charge < -0.3 is 9.67 Å². The van der Waals surface area contributed by atoms with E-state index in [2.05, 4.69) is 9.97 Å². The van der Waals surface area contributed by atoms with Gasteiger partial charge in [-0.1, -0.05) is 0 Å². The monoisotopic (exact) mass is 318 g/mol. The Morgan fingerprint density at radius 3 is 2.62 bits per heavy atom. The number of imidazole rings is 1. The van der Waals surface area contributed by atoms with E-state index in [1.165, 1.54) is 4.57 Å². The molecule has 0 aliphatic heterocycles. The average molecular weight is 318 g/mol. The fourth-order valence-electron chi connectivity index (χ4n) is 2.67. The smallest absolute Gasteiger partial charge is 0.259 e. The number of aromatic hydroxyl groups is 1. The third kappa shape index (κ3) is 2.25. The normalized spacial score (nSPS) is 11.0. The number of phenols is 1. The van der Waals surface area contributed by atoms with Crippen LogP contribution in [-0.4, -0.2) is 24.0 Å². The summed E-state index contributed by atoms with van der Waals surface area (Å²) in [5, 5.41) is 9.45. The van der Waals surface area contributed by atoms with Crippen molar-refractivity contribution in [2.75, 3.05) is 0 Å². The van der Waals surface area contributed by atoms with E-state index in [9.17, 15) is 9.90 Å². The lowest BCUT2D eigenvalue weighted by atomic mass is 10.1. The maximum Gasteiger partial charge on any atom is 0.259 e. The van der Waals surface area contributed by atoms with Crippen LogP contribution in [0.25, 0.3) is 28.2 Å². The van der Waals surface area contributed by atoms with Gasteiger partial charge in [-0.05, 0) is 36.4 Å². The Labute approximate surface area is 137 Å². The zero-order valence-corrected chi connectivity index (χ0v) is 12.9. The van der Waals surface area contributed by atoms with Gasteiger partial charge in [0.25, 0.3) is 5.56 Å². The summed E-state index contributed by atoms with van der Waals surface area (Å²) in [6.07, 6.45) is 6.91. The summed E-state index contributed by atoms with van der Waals surface area (Å²) in [4.78, 5) is 21.0. The molecule has 0 unspecified atom stereocenters. The van der Waals surface area contributed by atoms with E-state index in [0.29, 0.717) is 16.9 Å². The van der Waals surface area contributed by atoms with Crippen LogP contribution >= 0.6 is 0 Å². The molecule has 0 saturated carbocycles. The standard InChI is InChI=1S/C18H14N4O2/c1-21-8-2-3-14(18(21)24)15-11-22-16(9-20-17(22)10-19-15)12-4-6-13(23)7-5-12/h2-11,23H,1H3. The zero-order valence-electron chi connectivity index (χ0n) is 12.9. The van der Waals surface area contributed by atoms with Gasteiger partial charge in [-0.25, -0.2) is 4.98 Å². The number of aryl methyl sites for hydroxylation is 1. The minimum atomic E-state index is -0.101. The van der Waals surface area contributed by atoms with Crippen LogP contribution in [0.5, 0.6) is 5.75 Å². The third-order valence-corrected chi connectivity index (χ3v) is 3.96. The fourth-order valence-corrected chi connectivity index (χ4v) is 2.67. The molecule has 4 rings (SSSR count). The van der Waals surface area contributed by atoms with Crippen LogP contribution in [0.1, 0.15) is 0 Å². The van der Waals surface area contributed by atoms with Gasteiger partial charge >= 0.3 is 0 Å². The topological polar surface area (TPSA) is 72.4 Å². The first-order chi connectivity index (χ1) is 11.6. The second kappa shape index (κ2) is 5.34. The van der Waals surface area contributed by atoms with E-state index < -0.39 is 0 Å². The number of hydrogen-bond acceptors (Lipinski definition) is 4. The van der Waals surface area contributed by atoms with Gasteiger partial charge in [-0.15, -0.1) is 0 Å². The van der Waals surface area contributed by atoms with Crippen molar-refractivity contribution < 1.29 is 5.11 Å². The van der Waals surface area contributed by atoms with Crippen LogP contribution in [0, 0.1) is 0 Å². The highest BCUT2D eigenvalue weighted by Crippen LogP contribution is 2.24. The highest BCUT2D eigenvalue weighted by atomic mass is 16.3. The molecule has 3 aromatic heterocycles. The molecular formula is C18H14N4O2. The summed E-state index contributed by atoms with van der Waals surface area (Å²) < 4.78 is 3.41. The van der Waals surface area contributed by atoms with Crippen molar-refractivity contribution in [3.63, 3.8) is 0 Å². The minimum absolute atomic E-state index is 0.101. The van der Waals surface area contributed by atoms with Crippen molar-refractivity contribution in [2.45, 2.75) is 0 Å². The number of fused-ring (bicyclic) bond motifs is 1. The predicted octanol–water partition coefficient (Wildman–Crippen LogP) is 2.47. The quantitative estimate of drug-likeness (QED) is 0.616. The highest BCUT2D eigenvalue weighted by Gasteiger charge is 2.11. The van der Waals surface area contributed by atoms with E-state index >= 15 is 0 Å². The summed E-state index contributed by atoms with van der Waals surface area (Å²) in [6.45, 7) is 0. The molecule has 0 saturated heterocycles. The minimum Gasteiger partial charge on any atom is -0.508 e. The lowest BCUT2D eigenvalue weighted by Crippen LogP contribution is -2.17. The molecule has 0 amide bonds. The molecule has 0 atom stereocenters. The Morgan fingerprint density at radius 1 is 1.04 bits per heavy atom. The molecular weight excluding hydrogens is 304 g/mol. The van der Waals surface area contributed by atoms with Crippen LogP contribution in [0.3, 0.4) is 0 Å². The van der Waals surface area contributed by atoms with Gasteiger partial charge in [0.1, 0.15) is 5.75 Å². The van der Waals surface area contributed by atoms with E-state index in [4.69, 9.17) is 0 Å². The van der Waals surface area contributed by atoms with Gasteiger partial charge in [0, 0.05) is 25.0 Å². The predicted molar refractivity (Wildman–Crippen MR) is 90.8 cm³/mol. The maximum atomic E-state index is 12.3. The number of aromatic nitrogens is 4. The molecule has 0 radical (unpaired) electrons. The van der Waals surface area contributed by atoms with Gasteiger partial charge in [-0.3, -0.25) is 14.2 Å². The van der Waals surface area contributed by atoms with Crippen molar-refractivity contribution in [2.24, 2.45) is 7.05 Å². The molecule has 1 N–H and O–H groups in total. The molecule has 1 aromatic carbocycles. The van der Waals surface area contributed by atoms with E-state index in [-0.39, 0.29) is 11.3 Å². The Bertz CT molecular complexity index is 1090. The molecule has 0 aliphatic rings. The van der Waals surface area contributed by atoms with Crippen molar-refractivity contribution in [1.82, 2.24) is 18.9 Å². The van der Waals surface area contributed by atoms with Crippen LogP contribution < -0.4 is 5.56 Å². The van der Waals surface area contributed by atoms with Crippen LogP contribution in [0.4, 0.5) is 0 Å². The first-order valence-electron chi connectivity index (χ1n) is 7.42. The van der Waals surface area contributed by atoms with E-state index in [1.807, 2.05) is 22.6 Å². The van der Waals surface area contributed by atoms with Crippen molar-refractivity contribution in [3.8, 4) is 28.3 Å². The summed E-state index contributed by atoms with van der Waals surface area (Å²) in [7, 11) is 1.71. The Hall–Kier alpha value is -3.41. The first-order valence-corrected chi connectivity index (χ1v) is 7.42. The summed E-state index contributed by atoms with van der Waals surface area (Å²) in [5.41, 5.74) is 3.49. The van der Waals surface area contributed by atoms with Gasteiger partial charge in [-0.2, -0.15) is 0 Å². The molecule has 0 bridgehead atoms. The van der Waals surface area contributed by atoms with Crippen molar-refractivity contribution in [1.29, 1.82) is 0 Å². The lowest BCUT2D eigenvalue weighted by molar-refractivity contribution is 0.475. The number of nitrogens with zero attached hydrogens (tertiary/aromatic N) is 4. The highest BCUT2D eigenvalue weighted by molar-refractivity contribution is 5.66. The first kappa shape index (κ1) is 14.2. The zero-order chi connectivity index (χ0) is 16.7. The van der Waals surface area contributed by atoms with Crippen molar-refractivity contribution in [3.05, 3.63) is 71.5 Å². The molecule has 6 nitrogen and oxygen atoms in total. The van der Waals surface area contributed by atoms with E-state index in [1.54, 1.807) is 50.0 Å². The number of benzene rings is 1. The van der Waals surface area contributed by atoms with Gasteiger partial charge in [0.05, 0.1) is 29.3 Å². The maximum absolute atomic E-state index is 12.3. The SMILES string of the molecule is Cn1cccc(-c2cn3c(-c4ccc(O)cc4)cnc3cn2)c1=O. The van der Waals surface area contributed by atoms with Crippen LogP contribution in [-0.2, 0) is 7.05 Å². The lowest BCUT2D eigenvalue weighted by Gasteiger charge is -2.06. The molecule has 4 aromatic rings. The number of rotatable bonds is 2. The molecule has 118 valence electrons. The van der Waals surface area contributed by atoms with Crippen molar-refractivity contribution >= 4 is 5.65 Å². The van der Waals surface area contributed by atoms with Gasteiger partial charge in [0.2, 0.25) is 0 Å². The van der Waals surface area contributed by atoms with Crippen LogP contribution in [0.15, 0.2) is 66.0 Å². The Kier molecular flexibility index (Phi) is 3.16. The molecule has 0 fully saturated rings. The summed E-state index contributed by atoms with van der Waals surface area (Å²) >= 11 is 0. The molecule has 6 heteroatoms. The largest absolute Gasteiger partial charge is 0.508 e. The van der Waals surface area contributed by atoms with E-state index in [0.717, 1.165) is 11.3 Å². The second-order valence-electron chi connectivity index (χ2n) is 5.53. The molecule has 24 heavy (non-hydrogen) atoms. The second-order valence-corrected chi connectivity index (χ2v) is 5.53. The summed E-state index contributed by atoms with van der Waals surface area (Å²) in [5.74, 6) is 0.211.